The second-order valence-corrected chi connectivity index (χ2v) is 12.0. The minimum absolute atomic E-state index is 0.117. The Morgan fingerprint density at radius 2 is 1.80 bits per heavy atom. The molecule has 10 heteroatoms. The zero-order chi connectivity index (χ0) is 29.0. The summed E-state index contributed by atoms with van der Waals surface area (Å²) in [4.78, 5) is 31.3. The molecule has 2 aromatic carbocycles. The number of hydrogen-bond donors (Lipinski definition) is 4. The van der Waals surface area contributed by atoms with E-state index in [-0.39, 0.29) is 29.0 Å². The van der Waals surface area contributed by atoms with Gasteiger partial charge in [0.2, 0.25) is 0 Å². The maximum absolute atomic E-state index is 13.1. The summed E-state index contributed by atoms with van der Waals surface area (Å²) in [6.45, 7) is 9.80. The van der Waals surface area contributed by atoms with E-state index in [1.165, 1.54) is 12.1 Å². The minimum Gasteiger partial charge on any atom is -0.390 e. The van der Waals surface area contributed by atoms with Gasteiger partial charge in [0.15, 0.2) is 9.84 Å². The molecule has 1 aromatic heterocycles. The summed E-state index contributed by atoms with van der Waals surface area (Å²) in [6, 6.07) is 13.6. The first-order chi connectivity index (χ1) is 19.0. The number of aromatic amines is 1. The van der Waals surface area contributed by atoms with Crippen LogP contribution in [0.3, 0.4) is 0 Å². The van der Waals surface area contributed by atoms with Crippen molar-refractivity contribution >= 4 is 39.0 Å². The fourth-order valence-electron chi connectivity index (χ4n) is 4.93. The van der Waals surface area contributed by atoms with Gasteiger partial charge in [0.05, 0.1) is 27.9 Å². The molecule has 0 radical (unpaired) electrons. The number of nitrogens with one attached hydrogen (secondary N) is 3. The van der Waals surface area contributed by atoms with Gasteiger partial charge in [0.1, 0.15) is 0 Å². The van der Waals surface area contributed by atoms with Crippen LogP contribution in [0.25, 0.3) is 11.6 Å². The minimum atomic E-state index is -3.65. The number of H-pyrrole nitrogens is 1. The van der Waals surface area contributed by atoms with E-state index in [9.17, 15) is 23.1 Å². The fourth-order valence-corrected chi connectivity index (χ4v) is 6.30. The molecule has 1 aliphatic rings. The number of aliphatic hydroxyl groups is 1. The fraction of sp³-hybridized carbons (Fsp3) is 0.333. The molecule has 2 amide bonds. The Labute approximate surface area is 235 Å². The van der Waals surface area contributed by atoms with Crippen molar-refractivity contribution in [2.24, 2.45) is 0 Å². The number of fused-ring (bicyclic) bond motifs is 1. The zero-order valence-corrected chi connectivity index (χ0v) is 24.1. The van der Waals surface area contributed by atoms with Gasteiger partial charge in [-0.15, -0.1) is 0 Å². The third-order valence-electron chi connectivity index (χ3n) is 7.19. The van der Waals surface area contributed by atoms with Crippen molar-refractivity contribution in [2.75, 3.05) is 31.5 Å². The predicted octanol–water partition coefficient (Wildman–Crippen LogP) is 3.53. The Morgan fingerprint density at radius 1 is 1.10 bits per heavy atom. The predicted molar refractivity (Wildman–Crippen MR) is 157 cm³/mol. The number of hydrogen-bond acceptors (Lipinski definition) is 6. The van der Waals surface area contributed by atoms with E-state index < -0.39 is 15.9 Å². The van der Waals surface area contributed by atoms with Gasteiger partial charge in [-0.25, -0.2) is 8.42 Å². The second-order valence-electron chi connectivity index (χ2n) is 9.98. The van der Waals surface area contributed by atoms with Gasteiger partial charge in [0, 0.05) is 35.7 Å². The number of aliphatic hydroxyl groups excluding tert-OH is 1. The molecule has 1 atom stereocenters. The highest BCUT2D eigenvalue weighted by Gasteiger charge is 2.28. The van der Waals surface area contributed by atoms with Crippen LogP contribution < -0.4 is 10.6 Å². The number of likely N-dealkylation sites (N-methyl/N-ethyl adjacent to an activating group) is 1. The molecule has 1 aliphatic heterocycles. The highest BCUT2D eigenvalue weighted by Crippen LogP contribution is 2.36. The summed E-state index contributed by atoms with van der Waals surface area (Å²) in [6.07, 6.45) is 0.944. The molecule has 1 unspecified atom stereocenters. The molecule has 0 saturated heterocycles. The normalized spacial score (nSPS) is 14.8. The highest BCUT2D eigenvalue weighted by atomic mass is 32.2. The summed E-state index contributed by atoms with van der Waals surface area (Å²) < 4.78 is 26.3. The van der Waals surface area contributed by atoms with Gasteiger partial charge >= 0.3 is 0 Å². The lowest BCUT2D eigenvalue weighted by Crippen LogP contribution is -2.40. The number of rotatable bonds is 11. The quantitative estimate of drug-likeness (QED) is 0.264. The Hall–Kier alpha value is -3.73. The molecule has 4 rings (SSSR count). The maximum atomic E-state index is 13.1. The number of sulfone groups is 1. The molecule has 9 nitrogen and oxygen atoms in total. The molecule has 4 N–H and O–H groups in total. The molecular weight excluding hydrogens is 528 g/mol. The van der Waals surface area contributed by atoms with Crippen LogP contribution in [-0.2, 0) is 20.4 Å². The average molecular weight is 565 g/mol. The van der Waals surface area contributed by atoms with E-state index in [0.717, 1.165) is 13.1 Å². The first-order valence-corrected chi connectivity index (χ1v) is 15.0. The number of aromatic nitrogens is 1. The van der Waals surface area contributed by atoms with Crippen molar-refractivity contribution in [1.29, 1.82) is 0 Å². The Morgan fingerprint density at radius 3 is 2.48 bits per heavy atom. The number of carbonyl (C=O) groups excluding carboxylic acids is 2. The van der Waals surface area contributed by atoms with Gasteiger partial charge in [-0.2, -0.15) is 0 Å². The maximum Gasteiger partial charge on any atom is 0.256 e. The van der Waals surface area contributed by atoms with E-state index in [0.29, 0.717) is 51.4 Å². The lowest BCUT2D eigenvalue weighted by atomic mass is 10.0. The van der Waals surface area contributed by atoms with Gasteiger partial charge in [-0.3, -0.25) is 9.59 Å². The Balaban J connectivity index is 1.57. The molecular formula is C30H36N4O5S. The van der Waals surface area contributed by atoms with Gasteiger partial charge in [-0.05, 0) is 62.3 Å². The van der Waals surface area contributed by atoms with Crippen LogP contribution in [0.4, 0.5) is 5.69 Å². The van der Waals surface area contributed by atoms with Crippen molar-refractivity contribution in [3.05, 3.63) is 82.2 Å². The van der Waals surface area contributed by atoms with E-state index in [1.807, 2.05) is 19.9 Å². The standard InChI is InChI=1S/C30H36N4O5S/c1-5-34(6-2)17-22(35)16-31-30(37)28-19(3)27(32-20(28)4)15-25-24-14-23(12-13-26(24)33-29(25)36)40(38,39)18-21-10-8-7-9-11-21/h7-15,22,32,35H,5-6,16-18H2,1-4H3,(H,31,37)(H,33,36). The van der Waals surface area contributed by atoms with Crippen molar-refractivity contribution in [3.8, 4) is 0 Å². The largest absolute Gasteiger partial charge is 0.390 e. The lowest BCUT2D eigenvalue weighted by molar-refractivity contribution is -0.110. The smallest absolute Gasteiger partial charge is 0.256 e. The number of aryl methyl sites for hydroxylation is 1. The summed E-state index contributed by atoms with van der Waals surface area (Å²) in [5, 5.41) is 15.9. The van der Waals surface area contributed by atoms with E-state index in [1.54, 1.807) is 50.3 Å². The molecule has 3 aromatic rings. The molecule has 0 saturated carbocycles. The Bertz CT molecular complexity index is 1540. The van der Waals surface area contributed by atoms with Gasteiger partial charge < -0.3 is 25.6 Å². The first-order valence-electron chi connectivity index (χ1n) is 13.4. The Kier molecular flexibility index (Phi) is 8.92. The summed E-state index contributed by atoms with van der Waals surface area (Å²) in [7, 11) is -3.65. The van der Waals surface area contributed by atoms with Crippen LogP contribution >= 0.6 is 0 Å². The van der Waals surface area contributed by atoms with Gasteiger partial charge in [0.25, 0.3) is 11.8 Å². The topological polar surface area (TPSA) is 132 Å². The summed E-state index contributed by atoms with van der Waals surface area (Å²) in [5.74, 6) is -0.825. The van der Waals surface area contributed by atoms with Gasteiger partial charge in [-0.1, -0.05) is 44.2 Å². The third-order valence-corrected chi connectivity index (χ3v) is 8.87. The van der Waals surface area contributed by atoms with E-state index >= 15 is 0 Å². The number of nitrogens with zero attached hydrogens (tertiary/aromatic N) is 1. The molecule has 2 heterocycles. The third kappa shape index (κ3) is 6.35. The second kappa shape index (κ2) is 12.2. The van der Waals surface area contributed by atoms with E-state index in [4.69, 9.17) is 0 Å². The molecule has 212 valence electrons. The number of amides is 2. The van der Waals surface area contributed by atoms with Crippen LogP contribution in [0.15, 0.2) is 53.4 Å². The van der Waals surface area contributed by atoms with Crippen LogP contribution in [-0.4, -0.2) is 67.5 Å². The summed E-state index contributed by atoms with van der Waals surface area (Å²) >= 11 is 0. The van der Waals surface area contributed by atoms with Crippen LogP contribution in [0.1, 0.15) is 52.3 Å². The van der Waals surface area contributed by atoms with Crippen LogP contribution in [0.5, 0.6) is 0 Å². The number of carbonyl (C=O) groups is 2. The summed E-state index contributed by atoms with van der Waals surface area (Å²) in [5.41, 5.74) is 4.27. The van der Waals surface area contributed by atoms with Crippen molar-refractivity contribution in [3.63, 3.8) is 0 Å². The van der Waals surface area contributed by atoms with E-state index in [2.05, 4.69) is 20.5 Å². The van der Waals surface area contributed by atoms with Crippen molar-refractivity contribution < 1.29 is 23.1 Å². The number of anilines is 1. The highest BCUT2D eigenvalue weighted by molar-refractivity contribution is 7.90. The molecule has 0 aliphatic carbocycles. The average Bonchev–Trinajstić information content (AvgIpc) is 3.39. The monoisotopic (exact) mass is 564 g/mol. The van der Waals surface area contributed by atoms with Crippen LogP contribution in [0.2, 0.25) is 0 Å². The lowest BCUT2D eigenvalue weighted by Gasteiger charge is -2.22. The SMILES string of the molecule is CCN(CC)CC(O)CNC(=O)c1c(C)[nH]c(C=C2C(=O)Nc3ccc(S(=O)(=O)Cc4ccccc4)cc32)c1C. The molecule has 40 heavy (non-hydrogen) atoms. The molecule has 0 spiro atoms. The first kappa shape index (κ1) is 29.3. The molecule has 0 fully saturated rings. The van der Waals surface area contributed by atoms with Crippen molar-refractivity contribution in [1.82, 2.24) is 15.2 Å². The number of benzene rings is 2. The van der Waals surface area contributed by atoms with Crippen molar-refractivity contribution in [2.45, 2.75) is 44.4 Å². The van der Waals surface area contributed by atoms with Crippen LogP contribution in [0, 0.1) is 13.8 Å². The zero-order valence-electron chi connectivity index (χ0n) is 23.2. The molecule has 0 bridgehead atoms.